The largest absolute Gasteiger partial charge is 0.695 e. The van der Waals surface area contributed by atoms with Crippen LogP contribution >= 0.6 is 8.25 Å². The van der Waals surface area contributed by atoms with E-state index in [4.69, 9.17) is 9.63 Å². The quantitative estimate of drug-likeness (QED) is 0.703. The topological polar surface area (TPSA) is 55.8 Å². The summed E-state index contributed by atoms with van der Waals surface area (Å²) in [7, 11) is -2.55. The molecule has 0 fully saturated rings. The summed E-state index contributed by atoms with van der Waals surface area (Å²) in [5.74, 6) is 0.751. The molecule has 2 rings (SSSR count). The Morgan fingerprint density at radius 1 is 0.870 bits per heavy atom. The Balaban J connectivity index is 0.000000593. The molecule has 0 aromatic heterocycles. The molecule has 0 heterocycles. The predicted molar refractivity (Wildman–Crippen MR) is 92.4 cm³/mol. The van der Waals surface area contributed by atoms with Crippen molar-refractivity contribution < 1.29 is 18.7 Å². The van der Waals surface area contributed by atoms with Crippen LogP contribution < -0.4 is 4.74 Å². The van der Waals surface area contributed by atoms with E-state index in [1.807, 2.05) is 42.5 Å². The number of unbranched alkanes of at least 4 members (excludes halogenated alkanes) is 1. The van der Waals surface area contributed by atoms with Gasteiger partial charge in [-0.15, -0.1) is 9.42 Å². The first-order chi connectivity index (χ1) is 11.2. The fourth-order valence-electron chi connectivity index (χ4n) is 1.55. The van der Waals surface area contributed by atoms with Crippen molar-refractivity contribution in [3.05, 3.63) is 65.7 Å². The zero-order valence-corrected chi connectivity index (χ0v) is 14.5. The van der Waals surface area contributed by atoms with Crippen LogP contribution in [0.3, 0.4) is 0 Å². The van der Waals surface area contributed by atoms with Crippen molar-refractivity contribution in [3.63, 3.8) is 0 Å². The summed E-state index contributed by atoms with van der Waals surface area (Å²) in [6.07, 6.45) is 2.64. The van der Waals surface area contributed by atoms with Crippen LogP contribution in [0.2, 0.25) is 0 Å². The minimum atomic E-state index is -2.55. The Morgan fingerprint density at radius 3 is 1.96 bits per heavy atom. The lowest BCUT2D eigenvalue weighted by Gasteiger charge is -2.06. The van der Waals surface area contributed by atoms with Crippen molar-refractivity contribution in [1.82, 2.24) is 0 Å². The van der Waals surface area contributed by atoms with E-state index >= 15 is 0 Å². The highest BCUT2D eigenvalue weighted by Crippen LogP contribution is 2.20. The standard InChI is InChI=1S/C14H13O4P.C4H10/c15-19(16)18-11-13-6-8-14(9-7-13)17-10-12-4-2-1-3-5-12;1-3-4-2/h1-9H,10-11H2;3-4H2,1-2H3/p+1. The molecular weight excluding hydrogens is 311 g/mol. The van der Waals surface area contributed by atoms with Gasteiger partial charge in [0.05, 0.1) is 0 Å². The van der Waals surface area contributed by atoms with Crippen LogP contribution in [0.5, 0.6) is 5.75 Å². The molecule has 0 amide bonds. The molecule has 0 radical (unpaired) electrons. The summed E-state index contributed by atoms with van der Waals surface area (Å²) in [6.45, 7) is 4.99. The second-order valence-corrected chi connectivity index (χ2v) is 5.66. The molecule has 124 valence electrons. The van der Waals surface area contributed by atoms with Crippen LogP contribution in [-0.4, -0.2) is 4.89 Å². The van der Waals surface area contributed by atoms with Gasteiger partial charge >= 0.3 is 8.25 Å². The van der Waals surface area contributed by atoms with Gasteiger partial charge in [0.25, 0.3) is 0 Å². The normalized spacial score (nSPS) is 10.5. The Labute approximate surface area is 139 Å². The van der Waals surface area contributed by atoms with Gasteiger partial charge in [-0.05, 0) is 23.3 Å². The first-order valence-electron chi connectivity index (χ1n) is 7.70. The maximum absolute atomic E-state index is 10.4. The Bertz CT molecular complexity index is 553. The second kappa shape index (κ2) is 11.8. The van der Waals surface area contributed by atoms with Gasteiger partial charge in [-0.2, -0.15) is 0 Å². The molecule has 0 saturated heterocycles. The summed E-state index contributed by atoms with van der Waals surface area (Å²) in [5, 5.41) is 0. The first kappa shape index (κ1) is 19.3. The highest BCUT2D eigenvalue weighted by atomic mass is 31.1. The summed E-state index contributed by atoms with van der Waals surface area (Å²) in [4.78, 5) is 8.54. The molecular formula is C18H24O4P+. The van der Waals surface area contributed by atoms with E-state index in [2.05, 4.69) is 18.4 Å². The molecule has 2 aromatic carbocycles. The van der Waals surface area contributed by atoms with E-state index < -0.39 is 8.25 Å². The van der Waals surface area contributed by atoms with Crippen LogP contribution in [0.4, 0.5) is 0 Å². The molecule has 23 heavy (non-hydrogen) atoms. The Kier molecular flexibility index (Phi) is 9.89. The van der Waals surface area contributed by atoms with Crippen LogP contribution in [0.1, 0.15) is 37.8 Å². The first-order valence-corrected chi connectivity index (χ1v) is 8.83. The average molecular weight is 335 g/mol. The van der Waals surface area contributed by atoms with Gasteiger partial charge in [0, 0.05) is 4.57 Å². The lowest BCUT2D eigenvalue weighted by molar-refractivity contribution is 0.272. The molecule has 0 bridgehead atoms. The van der Waals surface area contributed by atoms with E-state index in [-0.39, 0.29) is 6.61 Å². The van der Waals surface area contributed by atoms with Crippen molar-refractivity contribution in [1.29, 1.82) is 0 Å². The summed E-state index contributed by atoms with van der Waals surface area (Å²) in [6, 6.07) is 17.1. The highest BCUT2D eigenvalue weighted by Gasteiger charge is 2.11. The number of rotatable bonds is 7. The van der Waals surface area contributed by atoms with Crippen LogP contribution in [0.25, 0.3) is 0 Å². The number of hydrogen-bond donors (Lipinski definition) is 1. The Hall–Kier alpha value is -1.74. The van der Waals surface area contributed by atoms with E-state index in [0.717, 1.165) is 16.9 Å². The zero-order chi connectivity index (χ0) is 16.9. The molecule has 0 saturated carbocycles. The lowest BCUT2D eigenvalue weighted by Crippen LogP contribution is -1.95. The third-order valence-electron chi connectivity index (χ3n) is 3.01. The predicted octanol–water partition coefficient (Wildman–Crippen LogP) is 5.24. The van der Waals surface area contributed by atoms with Crippen molar-refractivity contribution in [2.45, 2.75) is 39.9 Å². The van der Waals surface area contributed by atoms with Crippen molar-refractivity contribution in [2.24, 2.45) is 0 Å². The van der Waals surface area contributed by atoms with Gasteiger partial charge < -0.3 is 4.74 Å². The molecule has 1 unspecified atom stereocenters. The van der Waals surface area contributed by atoms with Gasteiger partial charge in [-0.25, -0.2) is 0 Å². The second-order valence-electron chi connectivity index (χ2n) is 4.93. The lowest BCUT2D eigenvalue weighted by atomic mass is 10.2. The maximum atomic E-state index is 10.4. The summed E-state index contributed by atoms with van der Waals surface area (Å²) >= 11 is 0. The van der Waals surface area contributed by atoms with E-state index in [1.165, 1.54) is 12.8 Å². The molecule has 5 heteroatoms. The van der Waals surface area contributed by atoms with Gasteiger partial charge in [-0.3, -0.25) is 0 Å². The number of benzene rings is 2. The number of ether oxygens (including phenoxy) is 1. The molecule has 0 spiro atoms. The average Bonchev–Trinajstić information content (AvgIpc) is 2.60. The summed E-state index contributed by atoms with van der Waals surface area (Å²) < 4.78 is 20.6. The SMILES string of the molecule is CCCC.O=[P+](O)OCc1ccc(OCc2ccccc2)cc1. The van der Waals surface area contributed by atoms with Gasteiger partial charge in [0.15, 0.2) is 0 Å². The maximum Gasteiger partial charge on any atom is 0.695 e. The summed E-state index contributed by atoms with van der Waals surface area (Å²) in [5.41, 5.74) is 1.93. The van der Waals surface area contributed by atoms with E-state index in [9.17, 15) is 4.57 Å². The van der Waals surface area contributed by atoms with Crippen LogP contribution in [0, 0.1) is 0 Å². The molecule has 0 aliphatic rings. The molecule has 1 atom stereocenters. The van der Waals surface area contributed by atoms with E-state index in [1.54, 1.807) is 12.1 Å². The molecule has 1 N–H and O–H groups in total. The van der Waals surface area contributed by atoms with Crippen LogP contribution in [-0.2, 0) is 22.3 Å². The molecule has 0 aliphatic carbocycles. The molecule has 0 aliphatic heterocycles. The zero-order valence-electron chi connectivity index (χ0n) is 13.6. The third kappa shape index (κ3) is 9.09. The highest BCUT2D eigenvalue weighted by molar-refractivity contribution is 7.32. The van der Waals surface area contributed by atoms with Crippen molar-refractivity contribution >= 4 is 8.25 Å². The van der Waals surface area contributed by atoms with Gasteiger partial charge in [0.2, 0.25) is 0 Å². The van der Waals surface area contributed by atoms with Gasteiger partial charge in [0.1, 0.15) is 19.0 Å². The molecule has 4 nitrogen and oxygen atoms in total. The minimum Gasteiger partial charge on any atom is -0.489 e. The Morgan fingerprint density at radius 2 is 1.43 bits per heavy atom. The monoisotopic (exact) mass is 335 g/mol. The minimum absolute atomic E-state index is 0.116. The van der Waals surface area contributed by atoms with Crippen molar-refractivity contribution in [2.75, 3.05) is 0 Å². The fraction of sp³-hybridized carbons (Fsp3) is 0.333. The fourth-order valence-corrected chi connectivity index (χ4v) is 1.81. The van der Waals surface area contributed by atoms with Gasteiger partial charge in [-0.1, -0.05) is 69.2 Å². The number of hydrogen-bond acceptors (Lipinski definition) is 3. The van der Waals surface area contributed by atoms with E-state index in [0.29, 0.717) is 6.61 Å². The third-order valence-corrected chi connectivity index (χ3v) is 3.36. The molecule has 2 aromatic rings. The smallest absolute Gasteiger partial charge is 0.489 e. The van der Waals surface area contributed by atoms with Crippen molar-refractivity contribution in [3.8, 4) is 5.75 Å². The van der Waals surface area contributed by atoms with Crippen LogP contribution in [0.15, 0.2) is 54.6 Å².